The van der Waals surface area contributed by atoms with Gasteiger partial charge in [0.2, 0.25) is 0 Å². The highest BCUT2D eigenvalue weighted by Gasteiger charge is 2.17. The van der Waals surface area contributed by atoms with Crippen molar-refractivity contribution >= 4 is 21.6 Å². The Morgan fingerprint density at radius 3 is 3.00 bits per heavy atom. The second-order valence-electron chi connectivity index (χ2n) is 5.01. The highest BCUT2D eigenvalue weighted by atomic mass is 79.9. The van der Waals surface area contributed by atoms with Crippen molar-refractivity contribution in [2.75, 3.05) is 11.4 Å². The van der Waals surface area contributed by atoms with Crippen molar-refractivity contribution in [3.8, 4) is 0 Å². The molecule has 2 heterocycles. The van der Waals surface area contributed by atoms with Crippen LogP contribution in [0.2, 0.25) is 0 Å². The van der Waals surface area contributed by atoms with Gasteiger partial charge in [-0.05, 0) is 43.0 Å². The average molecular weight is 321 g/mol. The van der Waals surface area contributed by atoms with E-state index in [0.717, 1.165) is 29.8 Å². The second-order valence-corrected chi connectivity index (χ2v) is 5.93. The van der Waals surface area contributed by atoms with E-state index in [1.165, 1.54) is 24.1 Å². The Kier molecular flexibility index (Phi) is 3.55. The minimum absolute atomic E-state index is 0.825. The molecule has 0 radical (unpaired) electrons. The van der Waals surface area contributed by atoms with Gasteiger partial charge >= 0.3 is 0 Å². The van der Waals surface area contributed by atoms with Crippen LogP contribution in [0.4, 0.5) is 5.69 Å². The summed E-state index contributed by atoms with van der Waals surface area (Å²) >= 11 is 3.56. The predicted molar refractivity (Wildman–Crippen MR) is 79.1 cm³/mol. The summed E-state index contributed by atoms with van der Waals surface area (Å²) in [4.78, 5) is 2.42. The molecule has 0 aliphatic carbocycles. The van der Waals surface area contributed by atoms with Crippen LogP contribution in [0.1, 0.15) is 24.2 Å². The molecule has 1 aromatic heterocycles. The topological polar surface area (TPSA) is 34.0 Å². The zero-order valence-corrected chi connectivity index (χ0v) is 12.6. The molecule has 5 heteroatoms. The van der Waals surface area contributed by atoms with Crippen molar-refractivity contribution in [2.24, 2.45) is 7.05 Å². The molecule has 0 N–H and O–H groups in total. The van der Waals surface area contributed by atoms with Gasteiger partial charge in [0.1, 0.15) is 6.33 Å². The molecular formula is C14H17BrN4. The van der Waals surface area contributed by atoms with E-state index in [0.29, 0.717) is 0 Å². The molecule has 0 amide bonds. The minimum atomic E-state index is 0.825. The molecule has 0 bridgehead atoms. The van der Waals surface area contributed by atoms with Gasteiger partial charge in [-0.2, -0.15) is 0 Å². The molecule has 4 nitrogen and oxygen atoms in total. The third-order valence-corrected chi connectivity index (χ3v) is 4.14. The summed E-state index contributed by atoms with van der Waals surface area (Å²) in [6.45, 7) is 1.91. The SMILES string of the molecule is Cn1cnnc1CN1CCCCc2cc(Br)ccc21. The Bertz CT molecular complexity index is 579. The van der Waals surface area contributed by atoms with Crippen LogP contribution in [-0.2, 0) is 20.0 Å². The van der Waals surface area contributed by atoms with Crippen molar-refractivity contribution in [3.63, 3.8) is 0 Å². The first-order chi connectivity index (χ1) is 9.24. The summed E-state index contributed by atoms with van der Waals surface area (Å²) in [7, 11) is 2.00. The Morgan fingerprint density at radius 1 is 1.32 bits per heavy atom. The number of hydrogen-bond donors (Lipinski definition) is 0. The number of fused-ring (bicyclic) bond motifs is 1. The first kappa shape index (κ1) is 12.7. The number of nitrogens with zero attached hydrogens (tertiary/aromatic N) is 4. The van der Waals surface area contributed by atoms with Crippen LogP contribution in [0, 0.1) is 0 Å². The number of rotatable bonds is 2. The highest BCUT2D eigenvalue weighted by molar-refractivity contribution is 9.10. The minimum Gasteiger partial charge on any atom is -0.364 e. The number of halogens is 1. The Morgan fingerprint density at radius 2 is 2.21 bits per heavy atom. The summed E-state index contributed by atoms with van der Waals surface area (Å²) in [5.74, 6) is 1.01. The molecule has 0 spiro atoms. The lowest BCUT2D eigenvalue weighted by Crippen LogP contribution is -2.25. The lowest BCUT2D eigenvalue weighted by Gasteiger charge is -2.24. The monoisotopic (exact) mass is 320 g/mol. The Balaban J connectivity index is 1.92. The molecular weight excluding hydrogens is 304 g/mol. The summed E-state index contributed by atoms with van der Waals surface area (Å²) in [6, 6.07) is 6.57. The fraction of sp³-hybridized carbons (Fsp3) is 0.429. The van der Waals surface area contributed by atoms with Gasteiger partial charge in [-0.3, -0.25) is 0 Å². The third-order valence-electron chi connectivity index (χ3n) is 3.64. The molecule has 19 heavy (non-hydrogen) atoms. The van der Waals surface area contributed by atoms with E-state index >= 15 is 0 Å². The van der Waals surface area contributed by atoms with Gasteiger partial charge in [0.05, 0.1) is 6.54 Å². The van der Waals surface area contributed by atoms with Crippen LogP contribution in [0.3, 0.4) is 0 Å². The van der Waals surface area contributed by atoms with Crippen LogP contribution >= 0.6 is 15.9 Å². The molecule has 1 aromatic carbocycles. The van der Waals surface area contributed by atoms with E-state index in [4.69, 9.17) is 0 Å². The van der Waals surface area contributed by atoms with E-state index in [1.807, 2.05) is 11.6 Å². The van der Waals surface area contributed by atoms with Crippen LogP contribution in [0.5, 0.6) is 0 Å². The molecule has 1 aliphatic heterocycles. The van der Waals surface area contributed by atoms with Crippen molar-refractivity contribution in [3.05, 3.63) is 40.4 Å². The smallest absolute Gasteiger partial charge is 0.152 e. The fourth-order valence-corrected chi connectivity index (χ4v) is 3.00. The normalized spacial score (nSPS) is 15.2. The first-order valence-electron chi connectivity index (χ1n) is 6.60. The first-order valence-corrected chi connectivity index (χ1v) is 7.39. The largest absolute Gasteiger partial charge is 0.364 e. The average Bonchev–Trinajstić information content (AvgIpc) is 2.69. The number of aromatic nitrogens is 3. The summed E-state index contributed by atoms with van der Waals surface area (Å²) in [5.41, 5.74) is 2.76. The lowest BCUT2D eigenvalue weighted by atomic mass is 10.1. The van der Waals surface area contributed by atoms with Crippen molar-refractivity contribution in [2.45, 2.75) is 25.8 Å². The molecule has 3 rings (SSSR count). The van der Waals surface area contributed by atoms with Gasteiger partial charge in [-0.15, -0.1) is 10.2 Å². The van der Waals surface area contributed by atoms with Crippen LogP contribution in [0.25, 0.3) is 0 Å². The van der Waals surface area contributed by atoms with Crippen molar-refractivity contribution < 1.29 is 0 Å². The van der Waals surface area contributed by atoms with E-state index in [-0.39, 0.29) is 0 Å². The van der Waals surface area contributed by atoms with Gasteiger partial charge in [-0.25, -0.2) is 0 Å². The zero-order valence-electron chi connectivity index (χ0n) is 11.0. The van der Waals surface area contributed by atoms with Crippen molar-refractivity contribution in [1.29, 1.82) is 0 Å². The predicted octanol–water partition coefficient (Wildman–Crippen LogP) is 2.92. The quantitative estimate of drug-likeness (QED) is 0.853. The molecule has 0 saturated heterocycles. The maximum absolute atomic E-state index is 4.19. The summed E-state index contributed by atoms with van der Waals surface area (Å²) < 4.78 is 3.15. The number of hydrogen-bond acceptors (Lipinski definition) is 3. The van der Waals surface area contributed by atoms with Crippen LogP contribution in [-0.4, -0.2) is 21.3 Å². The number of benzene rings is 1. The van der Waals surface area contributed by atoms with Crippen molar-refractivity contribution in [1.82, 2.24) is 14.8 Å². The summed E-state index contributed by atoms with van der Waals surface area (Å²) in [6.07, 6.45) is 5.39. The second kappa shape index (κ2) is 5.33. The Hall–Kier alpha value is -1.36. The summed E-state index contributed by atoms with van der Waals surface area (Å²) in [5, 5.41) is 8.15. The zero-order chi connectivity index (χ0) is 13.2. The molecule has 0 atom stereocenters. The van der Waals surface area contributed by atoms with Gasteiger partial charge in [-0.1, -0.05) is 15.9 Å². The van der Waals surface area contributed by atoms with E-state index < -0.39 is 0 Å². The van der Waals surface area contributed by atoms with Gasteiger partial charge in [0.25, 0.3) is 0 Å². The molecule has 0 fully saturated rings. The van der Waals surface area contributed by atoms with Crippen LogP contribution in [0.15, 0.2) is 29.0 Å². The molecule has 0 unspecified atom stereocenters. The molecule has 1 aliphatic rings. The van der Waals surface area contributed by atoms with E-state index in [2.05, 4.69) is 49.2 Å². The van der Waals surface area contributed by atoms with Crippen LogP contribution < -0.4 is 4.90 Å². The highest BCUT2D eigenvalue weighted by Crippen LogP contribution is 2.29. The van der Waals surface area contributed by atoms with Gasteiger partial charge in [0.15, 0.2) is 5.82 Å². The van der Waals surface area contributed by atoms with Gasteiger partial charge < -0.3 is 9.47 Å². The lowest BCUT2D eigenvalue weighted by molar-refractivity contribution is 0.679. The standard InChI is InChI=1S/C14H17BrN4/c1-18-10-16-17-14(18)9-19-7-3-2-4-11-8-12(15)5-6-13(11)19/h5-6,8,10H,2-4,7,9H2,1H3. The van der Waals surface area contributed by atoms with E-state index in [9.17, 15) is 0 Å². The number of aryl methyl sites for hydroxylation is 2. The Labute approximate surface area is 121 Å². The van der Waals surface area contributed by atoms with Gasteiger partial charge in [0, 0.05) is 23.8 Å². The number of anilines is 1. The molecule has 100 valence electrons. The maximum atomic E-state index is 4.19. The maximum Gasteiger partial charge on any atom is 0.152 e. The fourth-order valence-electron chi connectivity index (χ4n) is 2.59. The van der Waals surface area contributed by atoms with E-state index in [1.54, 1.807) is 6.33 Å². The molecule has 0 saturated carbocycles. The molecule has 2 aromatic rings. The third kappa shape index (κ3) is 2.66.